The summed E-state index contributed by atoms with van der Waals surface area (Å²) in [6.07, 6.45) is 0. The van der Waals surface area contributed by atoms with E-state index >= 15 is 0 Å². The molecule has 0 bridgehead atoms. The second-order valence-corrected chi connectivity index (χ2v) is 2.43. The van der Waals surface area contributed by atoms with E-state index in [4.69, 9.17) is 0 Å². The zero-order valence-electron chi connectivity index (χ0n) is 4.67. The number of fused-ring (bicyclic) bond motifs is 1. The highest BCUT2D eigenvalue weighted by molar-refractivity contribution is 4.90. The van der Waals surface area contributed by atoms with Gasteiger partial charge in [0.15, 0.2) is 0 Å². The summed E-state index contributed by atoms with van der Waals surface area (Å²) >= 11 is 0. The van der Waals surface area contributed by atoms with Crippen molar-refractivity contribution in [1.29, 1.82) is 0 Å². The van der Waals surface area contributed by atoms with Crippen molar-refractivity contribution in [3.05, 3.63) is 0 Å². The monoisotopic (exact) mass is 111 g/mol. The molecule has 1 N–H and O–H groups in total. The van der Waals surface area contributed by atoms with Crippen LogP contribution in [0.4, 0.5) is 0 Å². The smallest absolute Gasteiger partial charge is 0.0890 e. The van der Waals surface area contributed by atoms with Gasteiger partial charge in [0.05, 0.1) is 12.6 Å². The molecule has 1 saturated heterocycles. The van der Waals surface area contributed by atoms with E-state index in [1.807, 2.05) is 0 Å². The Kier molecular flexibility index (Phi) is 0.842. The maximum Gasteiger partial charge on any atom is 0.0890 e. The molecule has 0 aromatic rings. The molecule has 2 aliphatic heterocycles. The van der Waals surface area contributed by atoms with E-state index in [-0.39, 0.29) is 0 Å². The van der Waals surface area contributed by atoms with Gasteiger partial charge in [-0.2, -0.15) is 10.2 Å². The third-order valence-corrected chi connectivity index (χ3v) is 1.85. The van der Waals surface area contributed by atoms with E-state index in [9.17, 15) is 0 Å². The van der Waals surface area contributed by atoms with E-state index in [2.05, 4.69) is 15.5 Å². The van der Waals surface area contributed by atoms with Crippen molar-refractivity contribution in [2.24, 2.45) is 16.1 Å². The molecule has 2 heterocycles. The van der Waals surface area contributed by atoms with Crippen LogP contribution in [0.25, 0.3) is 0 Å². The molecule has 8 heavy (non-hydrogen) atoms. The Hall–Kier alpha value is -0.440. The molecule has 0 spiro atoms. The molecule has 3 heteroatoms. The first-order valence-corrected chi connectivity index (χ1v) is 3.04. The summed E-state index contributed by atoms with van der Waals surface area (Å²) in [5.41, 5.74) is 0. The molecule has 2 atom stereocenters. The molecule has 2 rings (SSSR count). The second kappa shape index (κ2) is 1.52. The lowest BCUT2D eigenvalue weighted by atomic mass is 10.1. The summed E-state index contributed by atoms with van der Waals surface area (Å²) in [5.74, 6) is 0.731. The highest BCUT2D eigenvalue weighted by Crippen LogP contribution is 2.18. The first kappa shape index (κ1) is 4.44. The minimum atomic E-state index is 0.523. The Morgan fingerprint density at radius 2 is 2.38 bits per heavy atom. The number of nitrogens with one attached hydrogen (secondary N) is 1. The summed E-state index contributed by atoms with van der Waals surface area (Å²) < 4.78 is 0. The fourth-order valence-electron chi connectivity index (χ4n) is 1.30. The zero-order valence-corrected chi connectivity index (χ0v) is 4.67. The van der Waals surface area contributed by atoms with Crippen LogP contribution in [0.5, 0.6) is 0 Å². The fourth-order valence-corrected chi connectivity index (χ4v) is 1.30. The fraction of sp³-hybridized carbons (Fsp3) is 1.00. The average molecular weight is 111 g/mol. The highest BCUT2D eigenvalue weighted by Gasteiger charge is 2.29. The van der Waals surface area contributed by atoms with E-state index in [0.29, 0.717) is 6.04 Å². The summed E-state index contributed by atoms with van der Waals surface area (Å²) in [5, 5.41) is 11.3. The zero-order chi connectivity index (χ0) is 5.40. The maximum absolute atomic E-state index is 4.06. The van der Waals surface area contributed by atoms with Gasteiger partial charge in [0, 0.05) is 19.0 Å². The number of hydrogen-bond donors (Lipinski definition) is 1. The Morgan fingerprint density at radius 3 is 3.25 bits per heavy atom. The van der Waals surface area contributed by atoms with Crippen molar-refractivity contribution in [2.45, 2.75) is 6.04 Å². The molecule has 44 valence electrons. The van der Waals surface area contributed by atoms with E-state index < -0.39 is 0 Å². The van der Waals surface area contributed by atoms with Crippen LogP contribution >= 0.6 is 0 Å². The van der Waals surface area contributed by atoms with Crippen LogP contribution in [0.3, 0.4) is 0 Å². The first-order valence-electron chi connectivity index (χ1n) is 3.04. The third kappa shape index (κ3) is 0.478. The second-order valence-electron chi connectivity index (χ2n) is 2.43. The molecule has 2 aliphatic rings. The van der Waals surface area contributed by atoms with Gasteiger partial charge in [0.2, 0.25) is 0 Å². The lowest BCUT2D eigenvalue weighted by Crippen LogP contribution is -2.12. The molecule has 0 amide bonds. The van der Waals surface area contributed by atoms with Crippen LogP contribution in [-0.4, -0.2) is 25.7 Å². The molecule has 0 aliphatic carbocycles. The Bertz CT molecular complexity index is 121. The Labute approximate surface area is 48.2 Å². The molecule has 0 aromatic heterocycles. The van der Waals surface area contributed by atoms with Gasteiger partial charge < -0.3 is 5.32 Å². The van der Waals surface area contributed by atoms with Gasteiger partial charge in [-0.1, -0.05) is 0 Å². The van der Waals surface area contributed by atoms with Crippen LogP contribution in [0.1, 0.15) is 0 Å². The molecule has 0 aromatic carbocycles. The van der Waals surface area contributed by atoms with Crippen molar-refractivity contribution in [3.8, 4) is 0 Å². The normalized spacial score (nSPS) is 43.0. The predicted octanol–water partition coefficient (Wildman–Crippen LogP) is 0.0402. The van der Waals surface area contributed by atoms with Crippen molar-refractivity contribution >= 4 is 0 Å². The number of azo groups is 1. The topological polar surface area (TPSA) is 36.8 Å². The van der Waals surface area contributed by atoms with E-state index in [1.165, 1.54) is 0 Å². The van der Waals surface area contributed by atoms with Gasteiger partial charge >= 0.3 is 0 Å². The predicted molar refractivity (Wildman–Crippen MR) is 29.9 cm³/mol. The molecule has 3 nitrogen and oxygen atoms in total. The molecular formula is C5H9N3. The van der Waals surface area contributed by atoms with E-state index in [0.717, 1.165) is 25.6 Å². The standard InChI is InChI=1S/C5H9N3/c1-4-2-7-8-5(4)3-6-1/h4-6H,1-3H2. The number of nitrogens with zero attached hydrogens (tertiary/aromatic N) is 2. The molecule has 0 radical (unpaired) electrons. The summed E-state index contributed by atoms with van der Waals surface area (Å²) in [6, 6.07) is 0.523. The lowest BCUT2D eigenvalue weighted by molar-refractivity contribution is 0.595. The van der Waals surface area contributed by atoms with Gasteiger partial charge in [0.1, 0.15) is 0 Å². The SMILES string of the molecule is C1N=NC2CNCC12. The van der Waals surface area contributed by atoms with Crippen LogP contribution in [0, 0.1) is 5.92 Å². The van der Waals surface area contributed by atoms with Crippen molar-refractivity contribution < 1.29 is 0 Å². The van der Waals surface area contributed by atoms with Crippen LogP contribution in [-0.2, 0) is 0 Å². The number of hydrogen-bond acceptors (Lipinski definition) is 3. The minimum absolute atomic E-state index is 0.523. The third-order valence-electron chi connectivity index (χ3n) is 1.85. The highest BCUT2D eigenvalue weighted by atomic mass is 15.2. The molecule has 2 unspecified atom stereocenters. The average Bonchev–Trinajstić information content (AvgIpc) is 2.15. The van der Waals surface area contributed by atoms with Crippen LogP contribution in [0.15, 0.2) is 10.2 Å². The Morgan fingerprint density at radius 1 is 1.38 bits per heavy atom. The van der Waals surface area contributed by atoms with Gasteiger partial charge in [0.25, 0.3) is 0 Å². The van der Waals surface area contributed by atoms with Gasteiger partial charge in [-0.15, -0.1) is 0 Å². The van der Waals surface area contributed by atoms with Gasteiger partial charge in [-0.25, -0.2) is 0 Å². The summed E-state index contributed by atoms with van der Waals surface area (Å²) in [4.78, 5) is 0. The largest absolute Gasteiger partial charge is 0.314 e. The van der Waals surface area contributed by atoms with Crippen molar-refractivity contribution in [3.63, 3.8) is 0 Å². The van der Waals surface area contributed by atoms with Gasteiger partial charge in [-0.3, -0.25) is 0 Å². The minimum Gasteiger partial charge on any atom is -0.314 e. The summed E-state index contributed by atoms with van der Waals surface area (Å²) in [7, 11) is 0. The lowest BCUT2D eigenvalue weighted by Gasteiger charge is -1.98. The summed E-state index contributed by atoms with van der Waals surface area (Å²) in [6.45, 7) is 3.13. The molecular weight excluding hydrogens is 102 g/mol. The van der Waals surface area contributed by atoms with Crippen LogP contribution < -0.4 is 5.32 Å². The molecule has 1 fully saturated rings. The van der Waals surface area contributed by atoms with Crippen molar-refractivity contribution in [1.82, 2.24) is 5.32 Å². The van der Waals surface area contributed by atoms with Crippen molar-refractivity contribution in [2.75, 3.05) is 19.6 Å². The van der Waals surface area contributed by atoms with Crippen LogP contribution in [0.2, 0.25) is 0 Å². The molecule has 0 saturated carbocycles. The Balaban J connectivity index is 2.13. The quantitative estimate of drug-likeness (QED) is 0.471. The van der Waals surface area contributed by atoms with E-state index in [1.54, 1.807) is 0 Å². The van der Waals surface area contributed by atoms with Gasteiger partial charge in [-0.05, 0) is 0 Å². The number of rotatable bonds is 0. The maximum atomic E-state index is 4.06. The first-order chi connectivity index (χ1) is 3.97.